The Kier molecular flexibility index (Phi) is 7.00. The zero-order valence-corrected chi connectivity index (χ0v) is 18.0. The molecule has 2 aliphatic heterocycles. The van der Waals surface area contributed by atoms with Crippen LogP contribution < -0.4 is 10.2 Å². The van der Waals surface area contributed by atoms with E-state index in [9.17, 15) is 4.79 Å². The SMILES string of the molecule is CC1CCN(c2ccc(-c3noc(C(=O)NCCN4CCCCCC4)n3)cc2)CC1. The fraction of sp³-hybridized carbons (Fsp3) is 0.609. The average Bonchev–Trinajstić information content (AvgIpc) is 3.13. The molecule has 0 bridgehead atoms. The van der Waals surface area contributed by atoms with Crippen LogP contribution in [-0.4, -0.2) is 60.2 Å². The number of carbonyl (C=O) groups is 1. The number of benzene rings is 1. The molecule has 1 aromatic heterocycles. The van der Waals surface area contributed by atoms with Gasteiger partial charge in [-0.15, -0.1) is 0 Å². The van der Waals surface area contributed by atoms with Gasteiger partial charge in [0.05, 0.1) is 0 Å². The minimum atomic E-state index is -0.303. The summed E-state index contributed by atoms with van der Waals surface area (Å²) in [4.78, 5) is 21.5. The zero-order valence-electron chi connectivity index (χ0n) is 18.0. The molecule has 4 rings (SSSR count). The van der Waals surface area contributed by atoms with Crippen molar-refractivity contribution in [2.45, 2.75) is 45.4 Å². The van der Waals surface area contributed by atoms with E-state index in [1.807, 2.05) is 12.1 Å². The second-order valence-corrected chi connectivity index (χ2v) is 8.65. The third-order valence-electron chi connectivity index (χ3n) is 6.31. The van der Waals surface area contributed by atoms with E-state index in [0.717, 1.165) is 44.2 Å². The summed E-state index contributed by atoms with van der Waals surface area (Å²) in [7, 11) is 0. The van der Waals surface area contributed by atoms with Crippen LogP contribution in [-0.2, 0) is 0 Å². The lowest BCUT2D eigenvalue weighted by atomic mass is 9.98. The number of amides is 1. The number of hydrogen-bond donors (Lipinski definition) is 1. The van der Waals surface area contributed by atoms with Gasteiger partial charge in [-0.05, 0) is 69.0 Å². The number of aromatic nitrogens is 2. The van der Waals surface area contributed by atoms with Gasteiger partial charge in [0.1, 0.15) is 0 Å². The highest BCUT2D eigenvalue weighted by Crippen LogP contribution is 2.25. The van der Waals surface area contributed by atoms with Gasteiger partial charge in [-0.2, -0.15) is 4.98 Å². The topological polar surface area (TPSA) is 74.5 Å². The van der Waals surface area contributed by atoms with Crippen LogP contribution in [0, 0.1) is 5.92 Å². The summed E-state index contributed by atoms with van der Waals surface area (Å²) in [5.74, 6) is 0.984. The van der Waals surface area contributed by atoms with Crippen molar-refractivity contribution in [1.29, 1.82) is 0 Å². The molecule has 162 valence electrons. The summed E-state index contributed by atoms with van der Waals surface area (Å²) in [5, 5.41) is 6.90. The number of piperidine rings is 1. The molecule has 7 nitrogen and oxygen atoms in total. The van der Waals surface area contributed by atoms with E-state index in [1.165, 1.54) is 44.2 Å². The zero-order chi connectivity index (χ0) is 20.8. The number of hydrogen-bond acceptors (Lipinski definition) is 6. The fourth-order valence-electron chi connectivity index (χ4n) is 4.28. The molecule has 0 spiro atoms. The van der Waals surface area contributed by atoms with Crippen LogP contribution in [0.1, 0.15) is 56.1 Å². The first-order chi connectivity index (χ1) is 14.7. The van der Waals surface area contributed by atoms with E-state index < -0.39 is 0 Å². The Morgan fingerprint density at radius 3 is 2.47 bits per heavy atom. The standard InChI is InChI=1S/C23H33N5O2/c1-18-10-15-28(16-11-18)20-8-6-19(7-9-20)21-25-23(30-26-21)22(29)24-12-17-27-13-4-2-3-5-14-27/h6-9,18H,2-5,10-17H2,1H3,(H,24,29). The normalized spacial score (nSPS) is 18.9. The summed E-state index contributed by atoms with van der Waals surface area (Å²) in [5.41, 5.74) is 2.08. The summed E-state index contributed by atoms with van der Waals surface area (Å²) < 4.78 is 5.20. The second-order valence-electron chi connectivity index (χ2n) is 8.65. The first-order valence-electron chi connectivity index (χ1n) is 11.4. The maximum Gasteiger partial charge on any atom is 0.316 e. The Labute approximate surface area is 178 Å². The van der Waals surface area contributed by atoms with Gasteiger partial charge in [-0.3, -0.25) is 4.79 Å². The second kappa shape index (κ2) is 10.1. The number of rotatable bonds is 6. The van der Waals surface area contributed by atoms with E-state index in [4.69, 9.17) is 4.52 Å². The summed E-state index contributed by atoms with van der Waals surface area (Å²) in [6.45, 7) is 8.22. The monoisotopic (exact) mass is 411 g/mol. The van der Waals surface area contributed by atoms with Crippen LogP contribution in [0.15, 0.2) is 28.8 Å². The van der Waals surface area contributed by atoms with Crippen LogP contribution in [0.25, 0.3) is 11.4 Å². The van der Waals surface area contributed by atoms with Gasteiger partial charge >= 0.3 is 11.8 Å². The van der Waals surface area contributed by atoms with Crippen molar-refractivity contribution in [1.82, 2.24) is 20.4 Å². The smallest absolute Gasteiger partial charge is 0.316 e. The minimum Gasteiger partial charge on any atom is -0.372 e. The van der Waals surface area contributed by atoms with Gasteiger partial charge in [0.25, 0.3) is 0 Å². The molecule has 2 aromatic rings. The predicted molar refractivity (Wildman–Crippen MR) is 118 cm³/mol. The molecule has 2 fully saturated rings. The molecule has 1 N–H and O–H groups in total. The van der Waals surface area contributed by atoms with Crippen LogP contribution in [0.4, 0.5) is 5.69 Å². The van der Waals surface area contributed by atoms with Crippen LogP contribution >= 0.6 is 0 Å². The lowest BCUT2D eigenvalue weighted by molar-refractivity contribution is 0.0904. The molecule has 2 aliphatic rings. The Morgan fingerprint density at radius 2 is 1.77 bits per heavy atom. The van der Waals surface area contributed by atoms with Crippen molar-refractivity contribution >= 4 is 11.6 Å². The van der Waals surface area contributed by atoms with Gasteiger partial charge in [0.2, 0.25) is 5.82 Å². The Hall–Kier alpha value is -2.41. The molecule has 0 unspecified atom stereocenters. The molecule has 0 radical (unpaired) electrons. The van der Waals surface area contributed by atoms with Gasteiger partial charge in [0.15, 0.2) is 0 Å². The number of anilines is 1. The molecular formula is C23H33N5O2. The van der Waals surface area contributed by atoms with E-state index >= 15 is 0 Å². The molecule has 1 aromatic carbocycles. The van der Waals surface area contributed by atoms with Crippen molar-refractivity contribution in [3.8, 4) is 11.4 Å². The first kappa shape index (κ1) is 20.8. The molecule has 3 heterocycles. The largest absolute Gasteiger partial charge is 0.372 e. The average molecular weight is 412 g/mol. The molecule has 7 heteroatoms. The number of carbonyl (C=O) groups excluding carboxylic acids is 1. The molecular weight excluding hydrogens is 378 g/mol. The number of nitrogens with zero attached hydrogens (tertiary/aromatic N) is 4. The van der Waals surface area contributed by atoms with Gasteiger partial charge in [0, 0.05) is 37.4 Å². The quantitative estimate of drug-likeness (QED) is 0.783. The summed E-state index contributed by atoms with van der Waals surface area (Å²) >= 11 is 0. The molecule has 30 heavy (non-hydrogen) atoms. The Bertz CT molecular complexity index is 803. The van der Waals surface area contributed by atoms with Crippen molar-refractivity contribution in [3.05, 3.63) is 30.2 Å². The van der Waals surface area contributed by atoms with Crippen molar-refractivity contribution < 1.29 is 9.32 Å². The third-order valence-corrected chi connectivity index (χ3v) is 6.31. The van der Waals surface area contributed by atoms with Crippen molar-refractivity contribution in [2.24, 2.45) is 5.92 Å². The van der Waals surface area contributed by atoms with Gasteiger partial charge in [-0.1, -0.05) is 24.9 Å². The number of likely N-dealkylation sites (tertiary alicyclic amines) is 1. The lowest BCUT2D eigenvalue weighted by Gasteiger charge is -2.32. The van der Waals surface area contributed by atoms with E-state index in [-0.39, 0.29) is 11.8 Å². The molecule has 0 aliphatic carbocycles. The summed E-state index contributed by atoms with van der Waals surface area (Å²) in [6.07, 6.45) is 7.59. The maximum atomic E-state index is 12.4. The first-order valence-corrected chi connectivity index (χ1v) is 11.4. The Morgan fingerprint density at radius 1 is 1.07 bits per heavy atom. The minimum absolute atomic E-state index is 0.0231. The third kappa shape index (κ3) is 5.39. The highest BCUT2D eigenvalue weighted by molar-refractivity contribution is 5.89. The lowest BCUT2D eigenvalue weighted by Crippen LogP contribution is -2.35. The fourth-order valence-corrected chi connectivity index (χ4v) is 4.28. The van der Waals surface area contributed by atoms with Gasteiger partial charge < -0.3 is 19.6 Å². The highest BCUT2D eigenvalue weighted by atomic mass is 16.5. The molecule has 0 saturated carbocycles. The van der Waals surface area contributed by atoms with Gasteiger partial charge in [-0.25, -0.2) is 0 Å². The number of nitrogens with one attached hydrogen (secondary N) is 1. The van der Waals surface area contributed by atoms with Crippen molar-refractivity contribution in [3.63, 3.8) is 0 Å². The Balaban J connectivity index is 1.29. The van der Waals surface area contributed by atoms with E-state index in [2.05, 4.69) is 44.3 Å². The predicted octanol–water partition coefficient (Wildman–Crippen LogP) is 3.58. The van der Waals surface area contributed by atoms with Crippen LogP contribution in [0.3, 0.4) is 0 Å². The van der Waals surface area contributed by atoms with Crippen molar-refractivity contribution in [2.75, 3.05) is 44.2 Å². The molecule has 2 saturated heterocycles. The van der Waals surface area contributed by atoms with Crippen LogP contribution in [0.5, 0.6) is 0 Å². The molecule has 0 atom stereocenters. The summed E-state index contributed by atoms with van der Waals surface area (Å²) in [6, 6.07) is 8.20. The highest BCUT2D eigenvalue weighted by Gasteiger charge is 2.18. The molecule has 1 amide bonds. The van der Waals surface area contributed by atoms with E-state index in [1.54, 1.807) is 0 Å². The van der Waals surface area contributed by atoms with Crippen LogP contribution in [0.2, 0.25) is 0 Å². The van der Waals surface area contributed by atoms with E-state index in [0.29, 0.717) is 12.4 Å². The maximum absolute atomic E-state index is 12.4.